The van der Waals surface area contributed by atoms with Crippen molar-refractivity contribution in [3.05, 3.63) is 0 Å². The number of carbonyl (C=O) groups is 2. The molecular formula is C13H22N2O2. The predicted molar refractivity (Wildman–Crippen MR) is 65.3 cm³/mol. The van der Waals surface area contributed by atoms with E-state index in [9.17, 15) is 9.59 Å². The van der Waals surface area contributed by atoms with E-state index in [1.54, 1.807) is 6.92 Å². The van der Waals surface area contributed by atoms with Crippen molar-refractivity contribution in [1.82, 2.24) is 10.2 Å². The summed E-state index contributed by atoms with van der Waals surface area (Å²) in [7, 11) is 0. The zero-order valence-corrected chi connectivity index (χ0v) is 10.9. The minimum absolute atomic E-state index is 0.0130. The van der Waals surface area contributed by atoms with Crippen molar-refractivity contribution in [2.75, 3.05) is 0 Å². The lowest BCUT2D eigenvalue weighted by Gasteiger charge is -2.43. The van der Waals surface area contributed by atoms with Crippen LogP contribution >= 0.6 is 0 Å². The third kappa shape index (κ3) is 2.17. The van der Waals surface area contributed by atoms with Crippen LogP contribution in [0.15, 0.2) is 0 Å². The first kappa shape index (κ1) is 12.4. The van der Waals surface area contributed by atoms with E-state index in [-0.39, 0.29) is 35.9 Å². The van der Waals surface area contributed by atoms with Crippen LogP contribution in [0.25, 0.3) is 0 Å². The van der Waals surface area contributed by atoms with E-state index in [4.69, 9.17) is 0 Å². The second kappa shape index (κ2) is 4.67. The highest BCUT2D eigenvalue weighted by Gasteiger charge is 2.43. The maximum atomic E-state index is 12.3. The molecule has 2 amide bonds. The van der Waals surface area contributed by atoms with Gasteiger partial charge in [0.15, 0.2) is 0 Å². The molecule has 0 aromatic carbocycles. The molecule has 17 heavy (non-hydrogen) atoms. The molecule has 1 aliphatic heterocycles. The van der Waals surface area contributed by atoms with Gasteiger partial charge in [0.05, 0.1) is 0 Å². The Morgan fingerprint density at radius 2 is 1.82 bits per heavy atom. The van der Waals surface area contributed by atoms with Gasteiger partial charge in [0.25, 0.3) is 0 Å². The van der Waals surface area contributed by atoms with Gasteiger partial charge in [-0.3, -0.25) is 9.59 Å². The summed E-state index contributed by atoms with van der Waals surface area (Å²) in [6.45, 7) is 5.80. The van der Waals surface area contributed by atoms with E-state index >= 15 is 0 Å². The van der Waals surface area contributed by atoms with Crippen molar-refractivity contribution < 1.29 is 9.59 Å². The molecule has 0 bridgehead atoms. The first-order valence-electron chi connectivity index (χ1n) is 6.65. The summed E-state index contributed by atoms with van der Waals surface area (Å²) in [4.78, 5) is 26.2. The number of piperazine rings is 1. The Morgan fingerprint density at radius 1 is 1.24 bits per heavy atom. The maximum absolute atomic E-state index is 12.3. The van der Waals surface area contributed by atoms with E-state index in [1.165, 1.54) is 12.8 Å². The molecule has 2 rings (SSSR count). The van der Waals surface area contributed by atoms with Gasteiger partial charge in [0.1, 0.15) is 12.1 Å². The Kier molecular flexibility index (Phi) is 3.40. The molecule has 4 nitrogen and oxygen atoms in total. The topological polar surface area (TPSA) is 49.4 Å². The highest BCUT2D eigenvalue weighted by molar-refractivity contribution is 5.97. The van der Waals surface area contributed by atoms with Crippen LogP contribution in [-0.4, -0.2) is 34.8 Å². The number of rotatable bonds is 2. The van der Waals surface area contributed by atoms with Gasteiger partial charge < -0.3 is 10.2 Å². The first-order valence-corrected chi connectivity index (χ1v) is 6.65. The molecule has 0 spiro atoms. The molecule has 1 N–H and O–H groups in total. The molecule has 2 fully saturated rings. The van der Waals surface area contributed by atoms with Gasteiger partial charge in [0, 0.05) is 6.04 Å². The Morgan fingerprint density at radius 3 is 2.35 bits per heavy atom. The SMILES string of the molecule is CC1NC(=O)C(C(C)C)N(C2CCCC2)C1=O. The van der Waals surface area contributed by atoms with E-state index in [2.05, 4.69) is 5.32 Å². The van der Waals surface area contributed by atoms with Crippen LogP contribution in [0.4, 0.5) is 0 Å². The molecule has 4 heteroatoms. The lowest BCUT2D eigenvalue weighted by Crippen LogP contribution is -2.66. The van der Waals surface area contributed by atoms with Crippen molar-refractivity contribution in [3.63, 3.8) is 0 Å². The smallest absolute Gasteiger partial charge is 0.245 e. The quantitative estimate of drug-likeness (QED) is 0.788. The predicted octanol–water partition coefficient (Wildman–Crippen LogP) is 1.30. The molecule has 2 atom stereocenters. The van der Waals surface area contributed by atoms with E-state index in [0.29, 0.717) is 0 Å². The summed E-state index contributed by atoms with van der Waals surface area (Å²) in [6.07, 6.45) is 4.45. The Bertz CT molecular complexity index is 321. The lowest BCUT2D eigenvalue weighted by atomic mass is 9.95. The average Bonchev–Trinajstić information content (AvgIpc) is 2.75. The molecule has 1 aliphatic carbocycles. The van der Waals surface area contributed by atoms with E-state index in [0.717, 1.165) is 12.8 Å². The second-order valence-corrected chi connectivity index (χ2v) is 5.60. The van der Waals surface area contributed by atoms with Gasteiger partial charge in [-0.05, 0) is 25.7 Å². The average molecular weight is 238 g/mol. The molecule has 2 unspecified atom stereocenters. The van der Waals surface area contributed by atoms with Gasteiger partial charge in [-0.2, -0.15) is 0 Å². The second-order valence-electron chi connectivity index (χ2n) is 5.60. The van der Waals surface area contributed by atoms with Crippen LogP contribution in [0.3, 0.4) is 0 Å². The maximum Gasteiger partial charge on any atom is 0.245 e. The van der Waals surface area contributed by atoms with Crippen molar-refractivity contribution in [2.45, 2.75) is 64.6 Å². The van der Waals surface area contributed by atoms with Crippen LogP contribution in [-0.2, 0) is 9.59 Å². The summed E-state index contributed by atoms with van der Waals surface area (Å²) in [5, 5.41) is 2.78. The number of nitrogens with zero attached hydrogens (tertiary/aromatic N) is 1. The fourth-order valence-corrected chi connectivity index (χ4v) is 3.06. The third-order valence-electron chi connectivity index (χ3n) is 3.90. The highest BCUT2D eigenvalue weighted by atomic mass is 16.2. The number of amides is 2. The largest absolute Gasteiger partial charge is 0.343 e. The molecule has 1 heterocycles. The van der Waals surface area contributed by atoms with E-state index < -0.39 is 0 Å². The zero-order valence-electron chi connectivity index (χ0n) is 10.9. The van der Waals surface area contributed by atoms with Crippen LogP contribution in [0.2, 0.25) is 0 Å². The fourth-order valence-electron chi connectivity index (χ4n) is 3.06. The van der Waals surface area contributed by atoms with Crippen LogP contribution in [0, 0.1) is 5.92 Å². The fraction of sp³-hybridized carbons (Fsp3) is 0.846. The van der Waals surface area contributed by atoms with Crippen molar-refractivity contribution >= 4 is 11.8 Å². The number of carbonyl (C=O) groups excluding carboxylic acids is 2. The Hall–Kier alpha value is -1.06. The molecule has 1 saturated carbocycles. The minimum Gasteiger partial charge on any atom is -0.343 e. The van der Waals surface area contributed by atoms with Crippen molar-refractivity contribution in [1.29, 1.82) is 0 Å². The molecular weight excluding hydrogens is 216 g/mol. The summed E-state index contributed by atoms with van der Waals surface area (Å²) < 4.78 is 0. The molecule has 0 aromatic rings. The van der Waals surface area contributed by atoms with Crippen molar-refractivity contribution in [2.24, 2.45) is 5.92 Å². The van der Waals surface area contributed by atoms with Crippen LogP contribution < -0.4 is 5.32 Å². The van der Waals surface area contributed by atoms with Crippen LogP contribution in [0.5, 0.6) is 0 Å². The first-order chi connectivity index (χ1) is 8.02. The van der Waals surface area contributed by atoms with Gasteiger partial charge >= 0.3 is 0 Å². The molecule has 2 aliphatic rings. The molecule has 0 aromatic heterocycles. The Balaban J connectivity index is 2.26. The van der Waals surface area contributed by atoms with Gasteiger partial charge in [-0.15, -0.1) is 0 Å². The summed E-state index contributed by atoms with van der Waals surface area (Å²) in [6, 6.07) is -0.358. The normalized spacial score (nSPS) is 31.2. The highest BCUT2D eigenvalue weighted by Crippen LogP contribution is 2.29. The monoisotopic (exact) mass is 238 g/mol. The Labute approximate surface area is 103 Å². The number of hydrogen-bond acceptors (Lipinski definition) is 2. The standard InChI is InChI=1S/C13H22N2O2/c1-8(2)11-12(16)14-9(3)13(17)15(11)10-6-4-5-7-10/h8-11H,4-7H2,1-3H3,(H,14,16). The third-order valence-corrected chi connectivity index (χ3v) is 3.90. The number of hydrogen-bond donors (Lipinski definition) is 1. The van der Waals surface area contributed by atoms with Gasteiger partial charge in [-0.1, -0.05) is 26.7 Å². The summed E-state index contributed by atoms with van der Waals surface area (Å²) >= 11 is 0. The molecule has 0 radical (unpaired) electrons. The zero-order chi connectivity index (χ0) is 12.6. The number of nitrogens with one attached hydrogen (secondary N) is 1. The van der Waals surface area contributed by atoms with Crippen LogP contribution in [0.1, 0.15) is 46.5 Å². The molecule has 96 valence electrons. The lowest BCUT2D eigenvalue weighted by molar-refractivity contribution is -0.153. The van der Waals surface area contributed by atoms with Gasteiger partial charge in [0.2, 0.25) is 11.8 Å². The summed E-state index contributed by atoms with van der Waals surface area (Å²) in [5.41, 5.74) is 0. The minimum atomic E-state index is -0.363. The summed E-state index contributed by atoms with van der Waals surface area (Å²) in [5.74, 6) is 0.279. The van der Waals surface area contributed by atoms with Crippen molar-refractivity contribution in [3.8, 4) is 0 Å². The van der Waals surface area contributed by atoms with E-state index in [1.807, 2.05) is 18.7 Å². The van der Waals surface area contributed by atoms with Gasteiger partial charge in [-0.25, -0.2) is 0 Å². The molecule has 1 saturated heterocycles.